The maximum atomic E-state index is 12.1. The molecule has 9 nitrogen and oxygen atoms in total. The molecule has 136 valence electrons. The highest BCUT2D eigenvalue weighted by Crippen LogP contribution is 2.15. The van der Waals surface area contributed by atoms with Gasteiger partial charge in [0, 0.05) is 18.2 Å². The van der Waals surface area contributed by atoms with Gasteiger partial charge in [-0.05, 0) is 37.1 Å². The number of ether oxygens (including phenoxy) is 1. The van der Waals surface area contributed by atoms with Crippen molar-refractivity contribution in [1.29, 1.82) is 0 Å². The minimum Gasteiger partial charge on any atom is -0.449 e. The average molecular weight is 376 g/mol. The molecule has 0 aliphatic heterocycles. The normalized spacial score (nSPS) is 11.9. The van der Waals surface area contributed by atoms with E-state index in [1.165, 1.54) is 41.7 Å². The fourth-order valence-electron chi connectivity index (χ4n) is 1.91. The van der Waals surface area contributed by atoms with Gasteiger partial charge < -0.3 is 4.74 Å². The van der Waals surface area contributed by atoms with E-state index in [-0.39, 0.29) is 5.69 Å². The SMILES string of the molecule is CCC(OC(=O)C=Cc1ccc([N+](=O)[O-])cc1)C(=O)Nc1nnc(C)s1. The second kappa shape index (κ2) is 8.81. The van der Waals surface area contributed by atoms with Crippen LogP contribution in [0.2, 0.25) is 0 Å². The van der Waals surface area contributed by atoms with Crippen LogP contribution in [0, 0.1) is 17.0 Å². The third kappa shape index (κ3) is 5.45. The van der Waals surface area contributed by atoms with Gasteiger partial charge in [0.2, 0.25) is 5.13 Å². The summed E-state index contributed by atoms with van der Waals surface area (Å²) in [6.45, 7) is 3.47. The van der Waals surface area contributed by atoms with Crippen LogP contribution in [0.15, 0.2) is 30.3 Å². The number of non-ortho nitro benzene ring substituents is 1. The number of amides is 1. The van der Waals surface area contributed by atoms with Crippen molar-refractivity contribution in [2.24, 2.45) is 0 Å². The lowest BCUT2D eigenvalue weighted by atomic mass is 10.2. The van der Waals surface area contributed by atoms with Gasteiger partial charge in [0.15, 0.2) is 6.10 Å². The lowest BCUT2D eigenvalue weighted by Crippen LogP contribution is -2.31. The standard InChI is InChI=1S/C16H16N4O5S/c1-3-13(15(22)17-16-19-18-10(2)26-16)25-14(21)9-6-11-4-7-12(8-5-11)20(23)24/h4-9,13H,3H2,1-2H3,(H,17,19,22). The van der Waals surface area contributed by atoms with E-state index in [1.807, 2.05) is 0 Å². The molecule has 0 fully saturated rings. The zero-order chi connectivity index (χ0) is 19.1. The number of anilines is 1. The summed E-state index contributed by atoms with van der Waals surface area (Å²) >= 11 is 1.22. The first-order valence-electron chi connectivity index (χ1n) is 7.63. The molecule has 1 amide bonds. The van der Waals surface area contributed by atoms with E-state index in [2.05, 4.69) is 15.5 Å². The van der Waals surface area contributed by atoms with E-state index in [0.29, 0.717) is 22.1 Å². The summed E-state index contributed by atoms with van der Waals surface area (Å²) in [5.41, 5.74) is 0.550. The van der Waals surface area contributed by atoms with E-state index >= 15 is 0 Å². The Bertz CT molecular complexity index is 831. The van der Waals surface area contributed by atoms with Crippen LogP contribution >= 0.6 is 11.3 Å². The van der Waals surface area contributed by atoms with E-state index in [4.69, 9.17) is 4.74 Å². The van der Waals surface area contributed by atoms with Crippen LogP contribution in [0.1, 0.15) is 23.9 Å². The molecule has 1 unspecified atom stereocenters. The minimum atomic E-state index is -0.965. The molecule has 0 aliphatic carbocycles. The predicted octanol–water partition coefficient (Wildman–Crippen LogP) is 2.73. The summed E-state index contributed by atoms with van der Waals surface area (Å²) in [6.07, 6.45) is 1.94. The fourth-order valence-corrected chi connectivity index (χ4v) is 2.50. The van der Waals surface area contributed by atoms with Crippen molar-refractivity contribution in [2.75, 3.05) is 5.32 Å². The number of nitrogens with one attached hydrogen (secondary N) is 1. The quantitative estimate of drug-likeness (QED) is 0.341. The van der Waals surface area contributed by atoms with E-state index in [9.17, 15) is 19.7 Å². The number of nitro groups is 1. The first-order valence-corrected chi connectivity index (χ1v) is 8.44. The van der Waals surface area contributed by atoms with Crippen molar-refractivity contribution in [3.63, 3.8) is 0 Å². The van der Waals surface area contributed by atoms with Crippen LogP contribution in [0.3, 0.4) is 0 Å². The van der Waals surface area contributed by atoms with Crippen molar-refractivity contribution in [2.45, 2.75) is 26.4 Å². The highest BCUT2D eigenvalue weighted by molar-refractivity contribution is 7.15. The molecule has 1 heterocycles. The van der Waals surface area contributed by atoms with Crippen molar-refractivity contribution in [1.82, 2.24) is 10.2 Å². The Kier molecular flexibility index (Phi) is 6.50. The molecule has 2 rings (SSSR count). The third-order valence-electron chi connectivity index (χ3n) is 3.19. The Hall–Kier alpha value is -3.14. The van der Waals surface area contributed by atoms with Crippen molar-refractivity contribution in [3.05, 3.63) is 51.0 Å². The molecular weight excluding hydrogens is 360 g/mol. The number of nitro benzene ring substituents is 1. The number of carbonyl (C=O) groups excluding carboxylic acids is 2. The first-order chi connectivity index (χ1) is 12.4. The number of esters is 1. The fraction of sp³-hybridized carbons (Fsp3) is 0.250. The zero-order valence-corrected chi connectivity index (χ0v) is 14.9. The summed E-state index contributed by atoms with van der Waals surface area (Å²) in [5, 5.41) is 21.8. The Labute approximate surface area is 152 Å². The molecule has 0 bridgehead atoms. The molecule has 1 aromatic heterocycles. The Morgan fingerprint density at radius 1 is 1.35 bits per heavy atom. The van der Waals surface area contributed by atoms with Gasteiger partial charge in [-0.1, -0.05) is 18.3 Å². The van der Waals surface area contributed by atoms with Gasteiger partial charge in [-0.3, -0.25) is 20.2 Å². The molecular formula is C16H16N4O5S. The van der Waals surface area contributed by atoms with E-state index in [1.54, 1.807) is 13.8 Å². The van der Waals surface area contributed by atoms with Crippen LogP contribution in [0.4, 0.5) is 10.8 Å². The summed E-state index contributed by atoms with van der Waals surface area (Å²) < 4.78 is 5.13. The van der Waals surface area contributed by atoms with Crippen molar-refractivity contribution >= 4 is 40.1 Å². The molecule has 10 heteroatoms. The van der Waals surface area contributed by atoms with Gasteiger partial charge in [0.25, 0.3) is 11.6 Å². The molecule has 26 heavy (non-hydrogen) atoms. The monoisotopic (exact) mass is 376 g/mol. The van der Waals surface area contributed by atoms with Crippen LogP contribution in [-0.2, 0) is 14.3 Å². The average Bonchev–Trinajstić information content (AvgIpc) is 3.02. The molecule has 0 spiro atoms. The van der Waals surface area contributed by atoms with Gasteiger partial charge in [0.1, 0.15) is 5.01 Å². The molecule has 0 radical (unpaired) electrons. The summed E-state index contributed by atoms with van der Waals surface area (Å²) in [5.74, 6) is -1.18. The highest BCUT2D eigenvalue weighted by atomic mass is 32.1. The molecule has 1 N–H and O–H groups in total. The largest absolute Gasteiger partial charge is 0.449 e. The van der Waals surface area contributed by atoms with Gasteiger partial charge in [0.05, 0.1) is 4.92 Å². The second-order valence-electron chi connectivity index (χ2n) is 5.13. The summed E-state index contributed by atoms with van der Waals surface area (Å²) in [7, 11) is 0. The number of benzene rings is 1. The number of aromatic nitrogens is 2. The van der Waals surface area contributed by atoms with Crippen LogP contribution in [0.25, 0.3) is 6.08 Å². The zero-order valence-electron chi connectivity index (χ0n) is 14.0. The number of nitrogens with zero attached hydrogens (tertiary/aromatic N) is 3. The Morgan fingerprint density at radius 3 is 2.58 bits per heavy atom. The van der Waals surface area contributed by atoms with E-state index < -0.39 is 22.9 Å². The van der Waals surface area contributed by atoms with Gasteiger partial charge >= 0.3 is 5.97 Å². The minimum absolute atomic E-state index is 0.0423. The topological polar surface area (TPSA) is 124 Å². The predicted molar refractivity (Wildman–Crippen MR) is 95.6 cm³/mol. The maximum absolute atomic E-state index is 12.1. The van der Waals surface area contributed by atoms with Gasteiger partial charge in [-0.15, -0.1) is 10.2 Å². The number of aryl methyl sites for hydroxylation is 1. The number of hydrogen-bond acceptors (Lipinski definition) is 8. The first kappa shape index (κ1) is 19.2. The molecule has 2 aromatic rings. The van der Waals surface area contributed by atoms with Crippen molar-refractivity contribution < 1.29 is 19.2 Å². The van der Waals surface area contributed by atoms with Crippen LogP contribution < -0.4 is 5.32 Å². The lowest BCUT2D eigenvalue weighted by Gasteiger charge is -2.13. The lowest BCUT2D eigenvalue weighted by molar-refractivity contribution is -0.384. The number of rotatable bonds is 7. The summed E-state index contributed by atoms with van der Waals surface area (Å²) in [4.78, 5) is 34.1. The van der Waals surface area contributed by atoms with Crippen LogP contribution in [-0.4, -0.2) is 33.1 Å². The summed E-state index contributed by atoms with van der Waals surface area (Å²) in [6, 6.07) is 5.67. The molecule has 1 aromatic carbocycles. The number of hydrogen-bond donors (Lipinski definition) is 1. The van der Waals surface area contributed by atoms with Crippen LogP contribution in [0.5, 0.6) is 0 Å². The highest BCUT2D eigenvalue weighted by Gasteiger charge is 2.21. The molecule has 0 aliphatic rings. The van der Waals surface area contributed by atoms with Gasteiger partial charge in [-0.25, -0.2) is 4.79 Å². The maximum Gasteiger partial charge on any atom is 0.331 e. The van der Waals surface area contributed by atoms with E-state index in [0.717, 1.165) is 6.08 Å². The Morgan fingerprint density at radius 2 is 2.04 bits per heavy atom. The molecule has 1 atom stereocenters. The number of carbonyl (C=O) groups is 2. The Balaban J connectivity index is 1.93. The van der Waals surface area contributed by atoms with Gasteiger partial charge in [-0.2, -0.15) is 0 Å². The molecule has 0 saturated heterocycles. The smallest absolute Gasteiger partial charge is 0.331 e. The van der Waals surface area contributed by atoms with Crippen molar-refractivity contribution in [3.8, 4) is 0 Å². The third-order valence-corrected chi connectivity index (χ3v) is 3.95. The molecule has 0 saturated carbocycles. The second-order valence-corrected chi connectivity index (χ2v) is 6.31.